The van der Waals surface area contributed by atoms with Crippen LogP contribution in [-0.4, -0.2) is 17.9 Å². The molecule has 0 unspecified atom stereocenters. The number of ether oxygens (including phenoxy) is 2. The van der Waals surface area contributed by atoms with E-state index in [2.05, 4.69) is 0 Å². The predicted molar refractivity (Wildman–Crippen MR) is 67.9 cm³/mol. The van der Waals surface area contributed by atoms with Crippen LogP contribution in [-0.2, 0) is 11.3 Å². The second kappa shape index (κ2) is 5.51. The van der Waals surface area contributed by atoms with Crippen molar-refractivity contribution in [3.8, 4) is 5.75 Å². The van der Waals surface area contributed by atoms with Crippen molar-refractivity contribution >= 4 is 16.9 Å². The van der Waals surface area contributed by atoms with Gasteiger partial charge in [-0.15, -0.1) is 0 Å². The molecule has 0 aliphatic carbocycles. The summed E-state index contributed by atoms with van der Waals surface area (Å²) in [5, 5.41) is 10.4. The van der Waals surface area contributed by atoms with Gasteiger partial charge in [0, 0.05) is 12.0 Å². The molecule has 2 rings (SSSR count). The summed E-state index contributed by atoms with van der Waals surface area (Å²) in [5.74, 6) is 0.346. The minimum atomic E-state index is -1.31. The number of rotatable bonds is 4. The van der Waals surface area contributed by atoms with Gasteiger partial charge in [0.2, 0.25) is 0 Å². The van der Waals surface area contributed by atoms with Crippen LogP contribution in [0.1, 0.15) is 12.5 Å². The van der Waals surface area contributed by atoms with Crippen molar-refractivity contribution in [3.63, 3.8) is 0 Å². The third-order valence-electron chi connectivity index (χ3n) is 2.63. The summed E-state index contributed by atoms with van der Waals surface area (Å²) in [5.41, 5.74) is 1.02. The zero-order chi connectivity index (χ0) is 13.0. The van der Waals surface area contributed by atoms with E-state index in [-0.39, 0.29) is 0 Å². The van der Waals surface area contributed by atoms with Gasteiger partial charge in [-0.2, -0.15) is 0 Å². The Morgan fingerprint density at radius 2 is 1.89 bits per heavy atom. The molecule has 0 aliphatic rings. The predicted octanol–water partition coefficient (Wildman–Crippen LogP) is 3.43. The second-order valence-electron chi connectivity index (χ2n) is 3.77. The van der Waals surface area contributed by atoms with Crippen molar-refractivity contribution < 1.29 is 19.4 Å². The number of hydrogen-bond acceptors (Lipinski definition) is 3. The molecule has 0 heterocycles. The fourth-order valence-electron chi connectivity index (χ4n) is 1.85. The minimum Gasteiger partial charge on any atom is -0.449 e. The molecule has 2 aromatic carbocycles. The summed E-state index contributed by atoms with van der Waals surface area (Å²) in [7, 11) is 0. The Morgan fingerprint density at radius 1 is 1.17 bits per heavy atom. The quantitative estimate of drug-likeness (QED) is 0.663. The molecule has 0 spiro atoms. The van der Waals surface area contributed by atoms with E-state index in [1.54, 1.807) is 6.07 Å². The lowest BCUT2D eigenvalue weighted by molar-refractivity contribution is 0.135. The van der Waals surface area contributed by atoms with Crippen molar-refractivity contribution in [1.29, 1.82) is 0 Å². The average Bonchev–Trinajstić information content (AvgIpc) is 2.37. The second-order valence-corrected chi connectivity index (χ2v) is 3.77. The molecule has 0 amide bonds. The van der Waals surface area contributed by atoms with Crippen LogP contribution < -0.4 is 4.74 Å². The molecule has 0 saturated heterocycles. The standard InChI is InChI=1S/C14H14O4/c1-2-17-9-10-7-8-13(18-14(15)16)12-6-4-3-5-11(10)12/h3-8H,2,9H2,1H3,(H,15,16). The molecule has 1 N–H and O–H groups in total. The molecule has 0 atom stereocenters. The van der Waals surface area contributed by atoms with Crippen molar-refractivity contribution in [2.75, 3.05) is 6.61 Å². The summed E-state index contributed by atoms with van der Waals surface area (Å²) in [6.07, 6.45) is -1.31. The molecule has 0 aromatic heterocycles. The van der Waals surface area contributed by atoms with Gasteiger partial charge >= 0.3 is 6.16 Å². The number of carboxylic acid groups (broad SMARTS) is 1. The first-order chi connectivity index (χ1) is 8.72. The summed E-state index contributed by atoms with van der Waals surface area (Å²) in [4.78, 5) is 10.6. The molecule has 0 fully saturated rings. The zero-order valence-corrected chi connectivity index (χ0v) is 10.1. The van der Waals surface area contributed by atoms with Gasteiger partial charge in [0.1, 0.15) is 5.75 Å². The van der Waals surface area contributed by atoms with Gasteiger partial charge in [0.05, 0.1) is 6.61 Å². The minimum absolute atomic E-state index is 0.346. The van der Waals surface area contributed by atoms with Crippen LogP contribution in [0.2, 0.25) is 0 Å². The largest absolute Gasteiger partial charge is 0.511 e. The molecule has 0 bridgehead atoms. The normalized spacial score (nSPS) is 10.5. The molecule has 4 nitrogen and oxygen atoms in total. The van der Waals surface area contributed by atoms with Gasteiger partial charge in [-0.05, 0) is 23.9 Å². The first-order valence-electron chi connectivity index (χ1n) is 5.71. The number of benzene rings is 2. The van der Waals surface area contributed by atoms with Gasteiger partial charge in [-0.1, -0.05) is 30.3 Å². The maximum absolute atomic E-state index is 10.6. The van der Waals surface area contributed by atoms with E-state index in [1.807, 2.05) is 37.3 Å². The average molecular weight is 246 g/mol. The fourth-order valence-corrected chi connectivity index (χ4v) is 1.85. The van der Waals surface area contributed by atoms with Crippen molar-refractivity contribution in [1.82, 2.24) is 0 Å². The topological polar surface area (TPSA) is 55.8 Å². The van der Waals surface area contributed by atoms with Crippen LogP contribution in [0.4, 0.5) is 4.79 Å². The first kappa shape index (κ1) is 12.4. The SMILES string of the molecule is CCOCc1ccc(OC(=O)O)c2ccccc12. The number of fused-ring (bicyclic) bond motifs is 1. The Labute approximate surface area is 105 Å². The Bertz CT molecular complexity index is 563. The van der Waals surface area contributed by atoms with Crippen LogP contribution in [0.25, 0.3) is 10.8 Å². The van der Waals surface area contributed by atoms with E-state index in [0.717, 1.165) is 16.3 Å². The van der Waals surface area contributed by atoms with E-state index in [1.165, 1.54) is 0 Å². The maximum Gasteiger partial charge on any atom is 0.511 e. The molecule has 94 valence electrons. The fraction of sp³-hybridized carbons (Fsp3) is 0.214. The Balaban J connectivity index is 2.48. The summed E-state index contributed by atoms with van der Waals surface area (Å²) >= 11 is 0. The van der Waals surface area contributed by atoms with Crippen LogP contribution in [0.5, 0.6) is 5.75 Å². The van der Waals surface area contributed by atoms with Crippen LogP contribution in [0.15, 0.2) is 36.4 Å². The molecule has 2 aromatic rings. The van der Waals surface area contributed by atoms with Crippen LogP contribution in [0.3, 0.4) is 0 Å². The molecule has 0 saturated carbocycles. The van der Waals surface area contributed by atoms with E-state index in [9.17, 15) is 4.79 Å². The van der Waals surface area contributed by atoms with E-state index in [0.29, 0.717) is 19.0 Å². The van der Waals surface area contributed by atoms with Crippen molar-refractivity contribution in [3.05, 3.63) is 42.0 Å². The highest BCUT2D eigenvalue weighted by Gasteiger charge is 2.09. The molecule has 0 aliphatic heterocycles. The van der Waals surface area contributed by atoms with E-state index >= 15 is 0 Å². The highest BCUT2D eigenvalue weighted by atomic mass is 16.7. The van der Waals surface area contributed by atoms with Crippen LogP contribution >= 0.6 is 0 Å². The number of carbonyl (C=O) groups is 1. The molecular weight excluding hydrogens is 232 g/mol. The monoisotopic (exact) mass is 246 g/mol. The molecule has 0 radical (unpaired) electrons. The molecule has 4 heteroatoms. The third kappa shape index (κ3) is 2.60. The van der Waals surface area contributed by atoms with Gasteiger partial charge in [0.25, 0.3) is 0 Å². The first-order valence-corrected chi connectivity index (χ1v) is 5.71. The van der Waals surface area contributed by atoms with E-state index in [4.69, 9.17) is 14.6 Å². The zero-order valence-electron chi connectivity index (χ0n) is 10.1. The van der Waals surface area contributed by atoms with Gasteiger partial charge < -0.3 is 14.6 Å². The summed E-state index contributed by atoms with van der Waals surface area (Å²) < 4.78 is 10.2. The van der Waals surface area contributed by atoms with Crippen LogP contribution in [0, 0.1) is 0 Å². The van der Waals surface area contributed by atoms with Gasteiger partial charge in [-0.25, -0.2) is 4.79 Å². The maximum atomic E-state index is 10.6. The number of hydrogen-bond donors (Lipinski definition) is 1. The highest BCUT2D eigenvalue weighted by molar-refractivity contribution is 5.92. The summed E-state index contributed by atoms with van der Waals surface area (Å²) in [6, 6.07) is 11.0. The Hall–Kier alpha value is -2.07. The van der Waals surface area contributed by atoms with Crippen molar-refractivity contribution in [2.24, 2.45) is 0 Å². The smallest absolute Gasteiger partial charge is 0.449 e. The summed E-state index contributed by atoms with van der Waals surface area (Å²) in [6.45, 7) is 3.08. The van der Waals surface area contributed by atoms with Gasteiger partial charge in [0.15, 0.2) is 0 Å². The lowest BCUT2D eigenvalue weighted by Gasteiger charge is -2.10. The molecule has 18 heavy (non-hydrogen) atoms. The Kier molecular flexibility index (Phi) is 3.79. The lowest BCUT2D eigenvalue weighted by Crippen LogP contribution is -2.04. The van der Waals surface area contributed by atoms with Crippen molar-refractivity contribution in [2.45, 2.75) is 13.5 Å². The van der Waals surface area contributed by atoms with Gasteiger partial charge in [-0.3, -0.25) is 0 Å². The van der Waals surface area contributed by atoms with E-state index < -0.39 is 6.16 Å². The molecular formula is C14H14O4. The third-order valence-corrected chi connectivity index (χ3v) is 2.63. The highest BCUT2D eigenvalue weighted by Crippen LogP contribution is 2.29. The lowest BCUT2D eigenvalue weighted by atomic mass is 10.0. The Morgan fingerprint density at radius 3 is 2.56 bits per heavy atom.